The normalized spacial score (nSPS) is 11.6. The highest BCUT2D eigenvalue weighted by molar-refractivity contribution is 5.94. The average Bonchev–Trinajstić information content (AvgIpc) is 3.11. The Labute approximate surface area is 161 Å². The van der Waals surface area contributed by atoms with Crippen LogP contribution in [0.4, 0.5) is 9.18 Å². The molecule has 1 aromatic heterocycles. The number of carbonyl (C=O) groups is 2. The molecule has 0 saturated heterocycles. The third-order valence-electron chi connectivity index (χ3n) is 4.29. The summed E-state index contributed by atoms with van der Waals surface area (Å²) in [4.78, 5) is 27.8. The maximum Gasteiger partial charge on any atom is 0.312 e. The van der Waals surface area contributed by atoms with E-state index in [0.29, 0.717) is 17.0 Å². The fourth-order valence-electron chi connectivity index (χ4n) is 2.82. The van der Waals surface area contributed by atoms with Crippen molar-refractivity contribution in [2.45, 2.75) is 12.6 Å². The molecule has 0 aliphatic heterocycles. The summed E-state index contributed by atoms with van der Waals surface area (Å²) >= 11 is 0. The van der Waals surface area contributed by atoms with Gasteiger partial charge in [0.2, 0.25) is 0 Å². The summed E-state index contributed by atoms with van der Waals surface area (Å²) in [5, 5.41) is 5.33. The number of benzene rings is 2. The van der Waals surface area contributed by atoms with Gasteiger partial charge in [0.1, 0.15) is 17.7 Å². The van der Waals surface area contributed by atoms with Gasteiger partial charge >= 0.3 is 6.03 Å². The summed E-state index contributed by atoms with van der Waals surface area (Å²) in [5.74, 6) is -0.282. The lowest BCUT2D eigenvalue weighted by molar-refractivity contribution is 0.0940. The largest absolute Gasteiger partial charge is 0.352 e. The van der Waals surface area contributed by atoms with Gasteiger partial charge in [-0.15, -0.1) is 0 Å². The number of nitrogens with one attached hydrogen (secondary N) is 2. The van der Waals surface area contributed by atoms with E-state index in [-0.39, 0.29) is 12.5 Å². The van der Waals surface area contributed by atoms with Gasteiger partial charge in [-0.25, -0.2) is 14.2 Å². The van der Waals surface area contributed by atoms with Crippen LogP contribution in [0.5, 0.6) is 0 Å². The molecular weight excluding hydrogens is 361 g/mol. The molecule has 2 aromatic carbocycles. The topological polar surface area (TPSA) is 102 Å². The van der Waals surface area contributed by atoms with Crippen molar-refractivity contribution in [3.63, 3.8) is 0 Å². The monoisotopic (exact) mass is 381 g/mol. The number of rotatable bonds is 6. The summed E-state index contributed by atoms with van der Waals surface area (Å²) in [5.41, 5.74) is 6.57. The van der Waals surface area contributed by atoms with Gasteiger partial charge in [-0.1, -0.05) is 30.3 Å². The van der Waals surface area contributed by atoms with Crippen molar-refractivity contribution < 1.29 is 14.0 Å². The molecular formula is C20H20FN5O2. The molecule has 1 heterocycles. The van der Waals surface area contributed by atoms with Gasteiger partial charge in [0.05, 0.1) is 0 Å². The second-order valence-corrected chi connectivity index (χ2v) is 6.24. The number of amides is 3. The standard InChI is InChI=1S/C20H20FN5O2/c1-26-11-10-23-18(26)17(15-4-2-3-5-16(15)21)25-19(27)14-8-6-13(7-9-14)12-24-20(22)28/h2-11,17H,12H2,1H3,(H,25,27)(H3,22,24,28). The van der Waals surface area contributed by atoms with Gasteiger partial charge in [-0.05, 0) is 23.8 Å². The first-order valence-corrected chi connectivity index (χ1v) is 8.60. The molecule has 0 saturated carbocycles. The molecule has 0 bridgehead atoms. The molecule has 4 N–H and O–H groups in total. The van der Waals surface area contributed by atoms with Crippen molar-refractivity contribution in [1.82, 2.24) is 20.2 Å². The first-order valence-electron chi connectivity index (χ1n) is 8.60. The van der Waals surface area contributed by atoms with Gasteiger partial charge < -0.3 is 20.9 Å². The first kappa shape index (κ1) is 19.1. The molecule has 3 rings (SSSR count). The third-order valence-corrected chi connectivity index (χ3v) is 4.29. The number of carbonyl (C=O) groups excluding carboxylic acids is 2. The fraction of sp³-hybridized carbons (Fsp3) is 0.150. The number of urea groups is 1. The van der Waals surface area contributed by atoms with Crippen LogP contribution in [-0.2, 0) is 13.6 Å². The predicted molar refractivity (Wildman–Crippen MR) is 102 cm³/mol. The Morgan fingerprint density at radius 1 is 1.18 bits per heavy atom. The molecule has 1 unspecified atom stereocenters. The summed E-state index contributed by atoms with van der Waals surface area (Å²) in [6.07, 6.45) is 3.33. The van der Waals surface area contributed by atoms with Crippen LogP contribution in [0.3, 0.4) is 0 Å². The molecule has 0 aliphatic carbocycles. The Morgan fingerprint density at radius 3 is 2.50 bits per heavy atom. The van der Waals surface area contributed by atoms with Gasteiger partial charge in [0.25, 0.3) is 5.91 Å². The third kappa shape index (κ3) is 4.35. The summed E-state index contributed by atoms with van der Waals surface area (Å²) in [7, 11) is 1.78. The Bertz CT molecular complexity index is 984. The SMILES string of the molecule is Cn1ccnc1C(NC(=O)c1ccc(CNC(N)=O)cc1)c1ccccc1F. The first-order chi connectivity index (χ1) is 13.5. The van der Waals surface area contributed by atoms with E-state index in [2.05, 4.69) is 15.6 Å². The lowest BCUT2D eigenvalue weighted by Crippen LogP contribution is -2.31. The van der Waals surface area contributed by atoms with Crippen LogP contribution in [0.2, 0.25) is 0 Å². The maximum atomic E-state index is 14.4. The van der Waals surface area contributed by atoms with Crippen molar-refractivity contribution in [3.05, 3.63) is 89.3 Å². The fourth-order valence-corrected chi connectivity index (χ4v) is 2.82. The smallest absolute Gasteiger partial charge is 0.312 e. The molecule has 0 spiro atoms. The van der Waals surface area contributed by atoms with Crippen LogP contribution >= 0.6 is 0 Å². The van der Waals surface area contributed by atoms with E-state index >= 15 is 0 Å². The molecule has 1 atom stereocenters. The number of hydrogen-bond acceptors (Lipinski definition) is 3. The van der Waals surface area contributed by atoms with Crippen LogP contribution in [0.1, 0.15) is 33.4 Å². The number of nitrogens with zero attached hydrogens (tertiary/aromatic N) is 2. The highest BCUT2D eigenvalue weighted by atomic mass is 19.1. The number of aryl methyl sites for hydroxylation is 1. The van der Waals surface area contributed by atoms with E-state index in [1.165, 1.54) is 6.07 Å². The zero-order chi connectivity index (χ0) is 20.1. The Morgan fingerprint density at radius 2 is 1.89 bits per heavy atom. The molecule has 0 fully saturated rings. The Balaban J connectivity index is 1.83. The highest BCUT2D eigenvalue weighted by Gasteiger charge is 2.24. The molecule has 3 aromatic rings. The van der Waals surface area contributed by atoms with Gasteiger partial charge in [-0.3, -0.25) is 4.79 Å². The number of primary amides is 1. The van der Waals surface area contributed by atoms with Crippen molar-refractivity contribution in [1.29, 1.82) is 0 Å². The maximum absolute atomic E-state index is 14.4. The molecule has 28 heavy (non-hydrogen) atoms. The molecule has 0 radical (unpaired) electrons. The predicted octanol–water partition coefficient (Wildman–Crippen LogP) is 2.25. The van der Waals surface area contributed by atoms with Gasteiger partial charge in [-0.2, -0.15) is 0 Å². The minimum absolute atomic E-state index is 0.266. The zero-order valence-corrected chi connectivity index (χ0v) is 15.2. The highest BCUT2D eigenvalue weighted by Crippen LogP contribution is 2.23. The van der Waals surface area contributed by atoms with Crippen LogP contribution in [0.15, 0.2) is 60.9 Å². The van der Waals surface area contributed by atoms with E-state index in [4.69, 9.17) is 5.73 Å². The number of nitrogens with two attached hydrogens (primary N) is 1. The van der Waals surface area contributed by atoms with Crippen LogP contribution in [-0.4, -0.2) is 21.5 Å². The lowest BCUT2D eigenvalue weighted by atomic mass is 10.0. The van der Waals surface area contributed by atoms with Crippen molar-refractivity contribution >= 4 is 11.9 Å². The number of aromatic nitrogens is 2. The van der Waals surface area contributed by atoms with Gasteiger partial charge in [0.15, 0.2) is 0 Å². The number of halogens is 1. The summed E-state index contributed by atoms with van der Waals surface area (Å²) in [6.45, 7) is 0.266. The minimum Gasteiger partial charge on any atom is -0.352 e. The quantitative estimate of drug-likeness (QED) is 0.610. The van der Waals surface area contributed by atoms with E-state index in [0.717, 1.165) is 5.56 Å². The van der Waals surface area contributed by atoms with Crippen molar-refractivity contribution in [2.24, 2.45) is 12.8 Å². The van der Waals surface area contributed by atoms with Crippen LogP contribution in [0, 0.1) is 5.82 Å². The lowest BCUT2D eigenvalue weighted by Gasteiger charge is -2.20. The van der Waals surface area contributed by atoms with Crippen molar-refractivity contribution in [3.8, 4) is 0 Å². The molecule has 144 valence electrons. The molecule has 0 aliphatic rings. The Hall–Kier alpha value is -3.68. The molecule has 8 heteroatoms. The Kier molecular flexibility index (Phi) is 5.69. The van der Waals surface area contributed by atoms with Crippen LogP contribution < -0.4 is 16.4 Å². The number of hydrogen-bond donors (Lipinski definition) is 3. The zero-order valence-electron chi connectivity index (χ0n) is 15.2. The molecule has 7 nitrogen and oxygen atoms in total. The van der Waals surface area contributed by atoms with Crippen LogP contribution in [0.25, 0.3) is 0 Å². The second-order valence-electron chi connectivity index (χ2n) is 6.24. The second kappa shape index (κ2) is 8.34. The van der Waals surface area contributed by atoms with E-state index in [1.54, 1.807) is 66.5 Å². The number of imidazole rings is 1. The minimum atomic E-state index is -0.745. The van der Waals surface area contributed by atoms with Crippen molar-refractivity contribution in [2.75, 3.05) is 0 Å². The molecule has 3 amide bonds. The van der Waals surface area contributed by atoms with Gasteiger partial charge in [0, 0.05) is 37.1 Å². The van der Waals surface area contributed by atoms with E-state index in [9.17, 15) is 14.0 Å². The summed E-state index contributed by atoms with van der Waals surface area (Å²) in [6, 6.07) is 11.6. The van der Waals surface area contributed by atoms with E-state index < -0.39 is 17.9 Å². The van der Waals surface area contributed by atoms with E-state index in [1.807, 2.05) is 0 Å². The summed E-state index contributed by atoms with van der Waals surface area (Å²) < 4.78 is 16.1. The average molecular weight is 381 g/mol.